The fraction of sp³-hybridized carbons (Fsp3) is 0.818. The molecule has 0 aromatic heterocycles. The van der Waals surface area contributed by atoms with Gasteiger partial charge in [-0.05, 0) is 18.9 Å². The predicted molar refractivity (Wildman–Crippen MR) is 55.8 cm³/mol. The molecule has 12 heavy (non-hydrogen) atoms. The maximum absolute atomic E-state index is 3.86. The molecule has 72 valence electrons. The molecular formula is C11H24N+. The van der Waals surface area contributed by atoms with Gasteiger partial charge >= 0.3 is 0 Å². The van der Waals surface area contributed by atoms with E-state index in [0.717, 1.165) is 4.48 Å². The first-order chi connectivity index (χ1) is 5.19. The normalized spacial score (nSPS) is 15.8. The van der Waals surface area contributed by atoms with Crippen LogP contribution in [0.4, 0.5) is 0 Å². The summed E-state index contributed by atoms with van der Waals surface area (Å²) in [7, 11) is 4.40. The Kier molecular flexibility index (Phi) is 3.52. The molecular weight excluding hydrogens is 146 g/mol. The number of nitrogens with zero attached hydrogens (tertiary/aromatic N) is 1. The molecule has 1 nitrogen and oxygen atoms in total. The minimum absolute atomic E-state index is 0.415. The van der Waals surface area contributed by atoms with Gasteiger partial charge in [0.25, 0.3) is 0 Å². The number of quaternary nitrogens is 1. The van der Waals surface area contributed by atoms with Crippen LogP contribution < -0.4 is 0 Å². The van der Waals surface area contributed by atoms with Gasteiger partial charge in [0.1, 0.15) is 0 Å². The van der Waals surface area contributed by atoms with Gasteiger partial charge in [-0.15, -0.1) is 0 Å². The van der Waals surface area contributed by atoms with Crippen LogP contribution in [-0.2, 0) is 0 Å². The highest BCUT2D eigenvalue weighted by Crippen LogP contribution is 2.25. The highest BCUT2D eigenvalue weighted by molar-refractivity contribution is 4.68. The SMILES string of the molecule is C=C[N+](C)(C)C(C)CC(C)(C)C. The second kappa shape index (κ2) is 3.61. The van der Waals surface area contributed by atoms with E-state index in [-0.39, 0.29) is 0 Å². The van der Waals surface area contributed by atoms with Crippen LogP contribution in [0.1, 0.15) is 34.1 Å². The largest absolute Gasteiger partial charge is 0.300 e. The lowest BCUT2D eigenvalue weighted by atomic mass is 9.88. The van der Waals surface area contributed by atoms with E-state index in [0.29, 0.717) is 11.5 Å². The van der Waals surface area contributed by atoms with Gasteiger partial charge in [-0.1, -0.05) is 20.8 Å². The van der Waals surface area contributed by atoms with Crippen LogP contribution in [0.5, 0.6) is 0 Å². The monoisotopic (exact) mass is 170 g/mol. The first kappa shape index (κ1) is 11.7. The van der Waals surface area contributed by atoms with E-state index in [1.165, 1.54) is 6.42 Å². The third-order valence-corrected chi connectivity index (χ3v) is 2.51. The van der Waals surface area contributed by atoms with Gasteiger partial charge < -0.3 is 4.48 Å². The van der Waals surface area contributed by atoms with E-state index >= 15 is 0 Å². The van der Waals surface area contributed by atoms with E-state index in [9.17, 15) is 0 Å². The zero-order chi connectivity index (χ0) is 9.99. The lowest BCUT2D eigenvalue weighted by Crippen LogP contribution is -2.43. The molecule has 0 aliphatic rings. The molecule has 0 amide bonds. The first-order valence-electron chi connectivity index (χ1n) is 4.66. The Morgan fingerprint density at radius 3 is 2.00 bits per heavy atom. The Morgan fingerprint density at radius 1 is 1.33 bits per heavy atom. The molecule has 0 aromatic rings. The summed E-state index contributed by atoms with van der Waals surface area (Å²) in [6.07, 6.45) is 3.24. The summed E-state index contributed by atoms with van der Waals surface area (Å²) in [4.78, 5) is 0. The summed E-state index contributed by atoms with van der Waals surface area (Å²) in [5.74, 6) is 0. The molecule has 0 fully saturated rings. The maximum atomic E-state index is 3.86. The summed E-state index contributed by atoms with van der Waals surface area (Å²) < 4.78 is 0.900. The summed E-state index contributed by atoms with van der Waals surface area (Å²) >= 11 is 0. The summed E-state index contributed by atoms with van der Waals surface area (Å²) in [6, 6.07) is 0.641. The quantitative estimate of drug-likeness (QED) is 0.571. The van der Waals surface area contributed by atoms with Gasteiger partial charge in [0.05, 0.1) is 26.3 Å². The van der Waals surface area contributed by atoms with E-state index in [1.54, 1.807) is 0 Å². The lowest BCUT2D eigenvalue weighted by Gasteiger charge is -2.35. The second-order valence-corrected chi connectivity index (χ2v) is 5.43. The fourth-order valence-corrected chi connectivity index (χ4v) is 1.30. The Balaban J connectivity index is 4.22. The van der Waals surface area contributed by atoms with Crippen molar-refractivity contribution in [2.45, 2.75) is 40.2 Å². The third kappa shape index (κ3) is 3.91. The molecule has 1 heteroatoms. The predicted octanol–water partition coefficient (Wildman–Crippen LogP) is 3.03. The molecule has 1 unspecified atom stereocenters. The number of rotatable bonds is 3. The number of hydrogen-bond donors (Lipinski definition) is 0. The topological polar surface area (TPSA) is 0 Å². The minimum Gasteiger partial charge on any atom is -0.300 e. The second-order valence-electron chi connectivity index (χ2n) is 5.43. The Labute approximate surface area is 77.7 Å². The molecule has 0 bridgehead atoms. The summed E-state index contributed by atoms with van der Waals surface area (Å²) in [6.45, 7) is 13.0. The van der Waals surface area contributed by atoms with Gasteiger partial charge in [0, 0.05) is 6.42 Å². The highest BCUT2D eigenvalue weighted by atomic mass is 15.3. The molecule has 0 saturated carbocycles. The van der Waals surface area contributed by atoms with Crippen molar-refractivity contribution in [2.75, 3.05) is 14.1 Å². The summed E-state index contributed by atoms with van der Waals surface area (Å²) in [5.41, 5.74) is 0.415. The van der Waals surface area contributed by atoms with Crippen LogP contribution in [0.2, 0.25) is 0 Å². The first-order valence-corrected chi connectivity index (χ1v) is 4.66. The molecule has 0 radical (unpaired) electrons. The zero-order valence-corrected chi connectivity index (χ0v) is 9.52. The minimum atomic E-state index is 0.415. The van der Waals surface area contributed by atoms with Crippen molar-refractivity contribution >= 4 is 0 Å². The van der Waals surface area contributed by atoms with Crippen LogP contribution in [0.25, 0.3) is 0 Å². The molecule has 0 spiro atoms. The van der Waals surface area contributed by atoms with Crippen molar-refractivity contribution in [3.63, 3.8) is 0 Å². The smallest absolute Gasteiger partial charge is 0.0904 e. The highest BCUT2D eigenvalue weighted by Gasteiger charge is 2.25. The molecule has 0 heterocycles. The van der Waals surface area contributed by atoms with Gasteiger partial charge in [0.15, 0.2) is 0 Å². The molecule has 0 saturated heterocycles. The Bertz CT molecular complexity index is 151. The molecule has 0 N–H and O–H groups in total. The van der Waals surface area contributed by atoms with Gasteiger partial charge in [-0.25, -0.2) is 0 Å². The standard InChI is InChI=1S/C11H24N/c1-8-12(6,7)10(2)9-11(3,4)5/h8,10H,1,9H2,2-7H3/q+1. The molecule has 0 aliphatic carbocycles. The number of hydrogen-bond acceptors (Lipinski definition) is 0. The van der Waals surface area contributed by atoms with Gasteiger partial charge in [0.2, 0.25) is 0 Å². The van der Waals surface area contributed by atoms with Crippen molar-refractivity contribution in [1.29, 1.82) is 0 Å². The maximum Gasteiger partial charge on any atom is 0.0904 e. The Hall–Kier alpha value is -0.300. The average molecular weight is 170 g/mol. The van der Waals surface area contributed by atoms with Crippen molar-refractivity contribution in [2.24, 2.45) is 5.41 Å². The van der Waals surface area contributed by atoms with Crippen LogP contribution >= 0.6 is 0 Å². The van der Waals surface area contributed by atoms with Gasteiger partial charge in [-0.2, -0.15) is 0 Å². The Morgan fingerprint density at radius 2 is 1.75 bits per heavy atom. The van der Waals surface area contributed by atoms with Crippen LogP contribution in [0.15, 0.2) is 12.8 Å². The molecule has 0 rings (SSSR count). The fourth-order valence-electron chi connectivity index (χ4n) is 1.30. The van der Waals surface area contributed by atoms with Crippen molar-refractivity contribution in [3.05, 3.63) is 12.8 Å². The van der Waals surface area contributed by atoms with Crippen LogP contribution in [0, 0.1) is 5.41 Å². The van der Waals surface area contributed by atoms with Gasteiger partial charge in [-0.3, -0.25) is 0 Å². The average Bonchev–Trinajstić information content (AvgIpc) is 1.84. The molecule has 1 atom stereocenters. The van der Waals surface area contributed by atoms with Crippen molar-refractivity contribution < 1.29 is 4.48 Å². The molecule has 0 aromatic carbocycles. The zero-order valence-electron chi connectivity index (χ0n) is 9.52. The van der Waals surface area contributed by atoms with E-state index < -0.39 is 0 Å². The van der Waals surface area contributed by atoms with E-state index in [2.05, 4.69) is 48.4 Å². The van der Waals surface area contributed by atoms with Crippen molar-refractivity contribution in [3.8, 4) is 0 Å². The lowest BCUT2D eigenvalue weighted by molar-refractivity contribution is -0.864. The molecule has 0 aliphatic heterocycles. The van der Waals surface area contributed by atoms with Crippen molar-refractivity contribution in [1.82, 2.24) is 0 Å². The van der Waals surface area contributed by atoms with E-state index in [4.69, 9.17) is 0 Å². The van der Waals surface area contributed by atoms with E-state index in [1.807, 2.05) is 6.20 Å². The summed E-state index contributed by atoms with van der Waals surface area (Å²) in [5, 5.41) is 0. The van der Waals surface area contributed by atoms with Crippen LogP contribution in [-0.4, -0.2) is 24.6 Å². The van der Waals surface area contributed by atoms with Crippen LogP contribution in [0.3, 0.4) is 0 Å². The third-order valence-electron chi connectivity index (χ3n) is 2.51.